The number of phenolic OH excluding ortho intramolecular Hbond substituents is 1. The summed E-state index contributed by atoms with van der Waals surface area (Å²) in [6, 6.07) is 13.4. The van der Waals surface area contributed by atoms with E-state index in [9.17, 15) is 9.59 Å². The number of benzene rings is 2. The number of methoxy groups -OCH3 is 1. The van der Waals surface area contributed by atoms with Gasteiger partial charge in [0.1, 0.15) is 11.5 Å². The number of aromatic hydroxyl groups is 1. The first-order valence-corrected chi connectivity index (χ1v) is 7.44. The predicted octanol–water partition coefficient (Wildman–Crippen LogP) is 2.52. The zero-order valence-electron chi connectivity index (χ0n) is 13.3. The van der Waals surface area contributed by atoms with Gasteiger partial charge in [0.25, 0.3) is 5.91 Å². The van der Waals surface area contributed by atoms with Crippen molar-refractivity contribution in [1.29, 1.82) is 0 Å². The summed E-state index contributed by atoms with van der Waals surface area (Å²) in [5, 5.41) is 11.7. The van der Waals surface area contributed by atoms with Crippen molar-refractivity contribution >= 4 is 17.6 Å². The van der Waals surface area contributed by atoms with Gasteiger partial charge in [-0.25, -0.2) is 0 Å². The van der Waals surface area contributed by atoms with Crippen LogP contribution in [-0.2, 0) is 20.7 Å². The fraction of sp³-hybridized carbons (Fsp3) is 0.222. The van der Waals surface area contributed by atoms with Crippen LogP contribution in [0, 0.1) is 0 Å². The van der Waals surface area contributed by atoms with Crippen LogP contribution in [0.2, 0.25) is 0 Å². The highest BCUT2D eigenvalue weighted by atomic mass is 16.5. The van der Waals surface area contributed by atoms with E-state index in [1.807, 2.05) is 24.3 Å². The number of hydrogen-bond donors (Lipinski definition) is 2. The molecule has 2 N–H and O–H groups in total. The van der Waals surface area contributed by atoms with Gasteiger partial charge in [-0.2, -0.15) is 0 Å². The molecule has 0 heterocycles. The number of ether oxygens (including phenoxy) is 2. The maximum atomic E-state index is 11.7. The SMILES string of the molecule is COc1ccc(CCC(=O)OCC(=O)Nc2ccc(O)cc2)cc1. The average Bonchev–Trinajstić information content (AvgIpc) is 2.60. The molecule has 0 spiro atoms. The molecule has 2 rings (SSSR count). The van der Waals surface area contributed by atoms with Crippen LogP contribution in [0.15, 0.2) is 48.5 Å². The molecule has 0 saturated heterocycles. The third-order valence-electron chi connectivity index (χ3n) is 3.29. The number of rotatable bonds is 7. The molecular formula is C18H19NO5. The van der Waals surface area contributed by atoms with Crippen LogP contribution in [-0.4, -0.2) is 30.7 Å². The van der Waals surface area contributed by atoms with Crippen LogP contribution in [0.25, 0.3) is 0 Å². The molecule has 126 valence electrons. The van der Waals surface area contributed by atoms with Gasteiger partial charge in [0, 0.05) is 12.1 Å². The summed E-state index contributed by atoms with van der Waals surface area (Å²) in [5.74, 6) is -0.00431. The summed E-state index contributed by atoms with van der Waals surface area (Å²) in [7, 11) is 1.59. The molecule has 0 aromatic heterocycles. The quantitative estimate of drug-likeness (QED) is 0.602. The van der Waals surface area contributed by atoms with Crippen molar-refractivity contribution in [2.45, 2.75) is 12.8 Å². The van der Waals surface area contributed by atoms with E-state index in [-0.39, 0.29) is 18.8 Å². The number of esters is 1. The van der Waals surface area contributed by atoms with Crippen molar-refractivity contribution < 1.29 is 24.2 Å². The van der Waals surface area contributed by atoms with Crippen LogP contribution in [0.1, 0.15) is 12.0 Å². The Morgan fingerprint density at radius 3 is 2.33 bits per heavy atom. The summed E-state index contributed by atoms with van der Waals surface area (Å²) >= 11 is 0. The largest absolute Gasteiger partial charge is 0.508 e. The molecule has 1 amide bonds. The van der Waals surface area contributed by atoms with E-state index in [0.29, 0.717) is 12.1 Å². The highest BCUT2D eigenvalue weighted by molar-refractivity contribution is 5.92. The van der Waals surface area contributed by atoms with Crippen LogP contribution in [0.5, 0.6) is 11.5 Å². The summed E-state index contributed by atoms with van der Waals surface area (Å²) in [6.07, 6.45) is 0.723. The van der Waals surface area contributed by atoms with Crippen molar-refractivity contribution in [3.8, 4) is 11.5 Å². The third-order valence-corrected chi connectivity index (χ3v) is 3.29. The number of hydrogen-bond acceptors (Lipinski definition) is 5. The van der Waals surface area contributed by atoms with Crippen molar-refractivity contribution in [1.82, 2.24) is 0 Å². The van der Waals surface area contributed by atoms with Crippen molar-refractivity contribution in [2.75, 3.05) is 19.0 Å². The summed E-state index contributed by atoms with van der Waals surface area (Å²) in [5.41, 5.74) is 1.51. The molecule has 6 heteroatoms. The second-order valence-corrected chi connectivity index (χ2v) is 5.10. The molecule has 0 aliphatic carbocycles. The molecule has 2 aromatic rings. The van der Waals surface area contributed by atoms with Crippen LogP contribution >= 0.6 is 0 Å². The van der Waals surface area contributed by atoms with Gasteiger partial charge >= 0.3 is 5.97 Å². The summed E-state index contributed by atoms with van der Waals surface area (Å²) < 4.78 is 10.0. The van der Waals surface area contributed by atoms with Gasteiger partial charge in [-0.15, -0.1) is 0 Å². The van der Waals surface area contributed by atoms with Gasteiger partial charge in [0.2, 0.25) is 0 Å². The van der Waals surface area contributed by atoms with E-state index in [2.05, 4.69) is 5.32 Å². The van der Waals surface area contributed by atoms with Crippen molar-refractivity contribution in [3.05, 3.63) is 54.1 Å². The normalized spacial score (nSPS) is 10.0. The molecule has 0 radical (unpaired) electrons. The predicted molar refractivity (Wildman–Crippen MR) is 89.0 cm³/mol. The monoisotopic (exact) mass is 329 g/mol. The zero-order valence-corrected chi connectivity index (χ0v) is 13.3. The van der Waals surface area contributed by atoms with E-state index < -0.39 is 11.9 Å². The molecule has 0 unspecified atom stereocenters. The van der Waals surface area contributed by atoms with Gasteiger partial charge in [-0.3, -0.25) is 9.59 Å². The number of phenols is 1. The van der Waals surface area contributed by atoms with Crippen molar-refractivity contribution in [2.24, 2.45) is 0 Å². The van der Waals surface area contributed by atoms with E-state index in [1.165, 1.54) is 12.1 Å². The number of carbonyl (C=O) groups excluding carboxylic acids is 2. The first-order valence-electron chi connectivity index (χ1n) is 7.44. The fourth-order valence-electron chi connectivity index (χ4n) is 2.00. The number of nitrogens with one attached hydrogen (secondary N) is 1. The van der Waals surface area contributed by atoms with E-state index >= 15 is 0 Å². The topological polar surface area (TPSA) is 84.9 Å². The molecule has 2 aromatic carbocycles. The third kappa shape index (κ3) is 5.64. The lowest BCUT2D eigenvalue weighted by atomic mass is 10.1. The van der Waals surface area contributed by atoms with Crippen LogP contribution in [0.4, 0.5) is 5.69 Å². The smallest absolute Gasteiger partial charge is 0.306 e. The Hall–Kier alpha value is -3.02. The molecule has 24 heavy (non-hydrogen) atoms. The Morgan fingerprint density at radius 1 is 1.04 bits per heavy atom. The molecule has 0 aliphatic rings. The standard InChI is InChI=1S/C18H19NO5/c1-23-16-9-2-13(3-10-16)4-11-18(22)24-12-17(21)19-14-5-7-15(20)8-6-14/h2-3,5-10,20H,4,11-12H2,1H3,(H,19,21). The minimum atomic E-state index is -0.438. The molecule has 6 nitrogen and oxygen atoms in total. The second-order valence-electron chi connectivity index (χ2n) is 5.10. The molecule has 0 fully saturated rings. The van der Waals surface area contributed by atoms with Gasteiger partial charge in [-0.05, 0) is 48.4 Å². The van der Waals surface area contributed by atoms with Gasteiger partial charge in [0.05, 0.1) is 7.11 Å². The number of carbonyl (C=O) groups is 2. The Morgan fingerprint density at radius 2 is 1.71 bits per heavy atom. The first kappa shape index (κ1) is 17.3. The lowest BCUT2D eigenvalue weighted by Crippen LogP contribution is -2.21. The number of aryl methyl sites for hydroxylation is 1. The number of amides is 1. The Labute approximate surface area is 140 Å². The van der Waals surface area contributed by atoms with Gasteiger partial charge in [-0.1, -0.05) is 12.1 Å². The van der Waals surface area contributed by atoms with E-state index in [1.54, 1.807) is 19.2 Å². The zero-order chi connectivity index (χ0) is 17.4. The Bertz CT molecular complexity index is 680. The minimum Gasteiger partial charge on any atom is -0.508 e. The fourth-order valence-corrected chi connectivity index (χ4v) is 2.00. The summed E-state index contributed by atoms with van der Waals surface area (Å²) in [6.45, 7) is -0.345. The molecular weight excluding hydrogens is 310 g/mol. The van der Waals surface area contributed by atoms with Crippen LogP contribution in [0.3, 0.4) is 0 Å². The summed E-state index contributed by atoms with van der Waals surface area (Å²) in [4.78, 5) is 23.4. The van der Waals surface area contributed by atoms with Gasteiger partial charge < -0.3 is 19.9 Å². The maximum absolute atomic E-state index is 11.7. The highest BCUT2D eigenvalue weighted by Crippen LogP contribution is 2.14. The maximum Gasteiger partial charge on any atom is 0.306 e. The second kappa shape index (κ2) is 8.57. The Balaban J connectivity index is 1.70. The molecule has 0 saturated carbocycles. The van der Waals surface area contributed by atoms with E-state index in [4.69, 9.17) is 14.6 Å². The average molecular weight is 329 g/mol. The first-order chi connectivity index (χ1) is 11.6. The molecule has 0 atom stereocenters. The van der Waals surface area contributed by atoms with Gasteiger partial charge in [0.15, 0.2) is 6.61 Å². The Kier molecular flexibility index (Phi) is 6.19. The lowest BCUT2D eigenvalue weighted by molar-refractivity contribution is -0.147. The highest BCUT2D eigenvalue weighted by Gasteiger charge is 2.08. The number of anilines is 1. The molecule has 0 bridgehead atoms. The van der Waals surface area contributed by atoms with E-state index in [0.717, 1.165) is 11.3 Å². The lowest BCUT2D eigenvalue weighted by Gasteiger charge is -2.07. The van der Waals surface area contributed by atoms with Crippen molar-refractivity contribution in [3.63, 3.8) is 0 Å². The molecule has 0 aliphatic heterocycles. The van der Waals surface area contributed by atoms with Crippen LogP contribution < -0.4 is 10.1 Å². The minimum absolute atomic E-state index is 0.109.